The van der Waals surface area contributed by atoms with Crippen LogP contribution >= 0.6 is 0 Å². The Morgan fingerprint density at radius 2 is 1.57 bits per heavy atom. The van der Waals surface area contributed by atoms with Crippen LogP contribution in [0.25, 0.3) is 0 Å². The Balaban J connectivity index is -0.0000000150. The molecule has 0 aliphatic heterocycles. The first-order chi connectivity index (χ1) is 1.73. The topological polar surface area (TPSA) is 98.4 Å². The summed E-state index contributed by atoms with van der Waals surface area (Å²) in [4.78, 5) is 8.36. The quantitative estimate of drug-likeness (QED) is 0.260. The first-order valence-corrected chi connectivity index (χ1v) is 0.565. The van der Waals surface area contributed by atoms with E-state index in [1.54, 1.807) is 0 Å². The van der Waals surface area contributed by atoms with E-state index in [2.05, 4.69) is 0 Å². The van der Waals surface area contributed by atoms with E-state index in [-0.39, 0.29) is 66.9 Å². The summed E-state index contributed by atoms with van der Waals surface area (Å²) in [6, 6.07) is 0. The summed E-state index contributed by atoms with van der Waals surface area (Å²) in [5.41, 5.74) is 0. The molecule has 0 aliphatic carbocycles. The molecule has 0 amide bonds. The van der Waals surface area contributed by atoms with Gasteiger partial charge in [-0.3, -0.25) is 0 Å². The van der Waals surface area contributed by atoms with E-state index in [1.807, 2.05) is 0 Å². The van der Waals surface area contributed by atoms with Gasteiger partial charge in [-0.1, -0.05) is 0 Å². The van der Waals surface area contributed by atoms with Crippen LogP contribution in [0, 0.1) is 10.1 Å². The fourth-order valence-corrected chi connectivity index (χ4v) is 0. The van der Waals surface area contributed by atoms with Crippen LogP contribution in [-0.4, -0.2) is 71.1 Å². The minimum absolute atomic E-state index is 0. The van der Waals surface area contributed by atoms with Crippen molar-refractivity contribution in [2.45, 2.75) is 0 Å². The van der Waals surface area contributed by atoms with Crippen molar-refractivity contribution < 1.29 is 10.3 Å². The van der Waals surface area contributed by atoms with Crippen LogP contribution in [0.3, 0.4) is 0 Å². The van der Waals surface area contributed by atoms with Crippen LogP contribution in [0.1, 0.15) is 0 Å². The molecule has 0 aromatic heterocycles. The van der Waals surface area contributed by atoms with Crippen molar-refractivity contribution in [3.63, 3.8) is 0 Å². The van der Waals surface area contributed by atoms with Crippen molar-refractivity contribution in [1.29, 1.82) is 0 Å². The molecule has 4 N–H and O–H groups in total. The zero-order chi connectivity index (χ0) is 3.58. The number of rotatable bonds is 0. The molecule has 0 fully saturated rings. The maximum Gasteiger partial charge on any atom is 0.291 e. The molecule has 0 spiro atoms. The molecule has 0 aliphatic rings. The summed E-state index contributed by atoms with van der Waals surface area (Å²) < 4.78 is 0. The molecule has 0 rings (SSSR count). The molecular weight excluding hydrogens is 140 g/mol. The van der Waals surface area contributed by atoms with E-state index in [1.165, 1.54) is 0 Å². The van der Waals surface area contributed by atoms with Crippen molar-refractivity contribution in [1.82, 2.24) is 6.15 Å². The van der Waals surface area contributed by atoms with Crippen LogP contribution < -0.4 is 6.15 Å². The van der Waals surface area contributed by atoms with Crippen molar-refractivity contribution in [2.24, 2.45) is 0 Å². The summed E-state index contributed by atoms with van der Waals surface area (Å²) in [6.45, 7) is 0. The fourth-order valence-electron chi connectivity index (χ4n) is 0. The summed E-state index contributed by atoms with van der Waals surface area (Å²) in [5.74, 6) is 0. The van der Waals surface area contributed by atoms with E-state index < -0.39 is 5.09 Å². The van der Waals surface area contributed by atoms with Gasteiger partial charge in [0, 0.05) is 60.8 Å². The van der Waals surface area contributed by atoms with Gasteiger partial charge in [0.1, 0.15) is 0 Å². The Bertz CT molecular complexity index is 35.9. The number of nitrogens with zero attached hydrogens (tertiary/aromatic N) is 1. The molecule has 5 nitrogen and oxygen atoms in total. The fraction of sp³-hybridized carbons (Fsp3) is 0. The van der Waals surface area contributed by atoms with Crippen molar-refractivity contribution in [2.75, 3.05) is 0 Å². The second kappa shape index (κ2) is 15.7. The second-order valence-corrected chi connectivity index (χ2v) is 0.238. The van der Waals surface area contributed by atoms with Crippen LogP contribution in [0.2, 0.25) is 0 Å². The Morgan fingerprint density at radius 3 is 1.57 bits per heavy atom. The Labute approximate surface area is 86.3 Å². The standard InChI is InChI=1S/Ca.Mg.HNO3.H3N/c;;2-1(3)4;/h;;(H,2,3,4);1H3. The zero-order valence-electron chi connectivity index (χ0n) is 3.83. The zero-order valence-corrected chi connectivity index (χ0v) is 7.45. The molecule has 0 atom stereocenters. The predicted octanol–water partition coefficient (Wildman–Crippen LogP) is -0.947. The van der Waals surface area contributed by atoms with Gasteiger partial charge in [-0.25, -0.2) is 0 Å². The number of hydrogen-bond donors (Lipinski definition) is 2. The van der Waals surface area contributed by atoms with Gasteiger partial charge in [-0.2, -0.15) is 0 Å². The van der Waals surface area contributed by atoms with Gasteiger partial charge >= 0.3 is 0 Å². The molecule has 0 saturated carbocycles. The first-order valence-electron chi connectivity index (χ1n) is 0.565. The molecule has 0 aromatic rings. The van der Waals surface area contributed by atoms with E-state index in [0.29, 0.717) is 0 Å². The van der Waals surface area contributed by atoms with E-state index >= 15 is 0 Å². The molecule has 0 unspecified atom stereocenters. The molecule has 7 heavy (non-hydrogen) atoms. The Hall–Kier alpha value is 1.19. The van der Waals surface area contributed by atoms with E-state index in [9.17, 15) is 0 Å². The third-order valence-corrected chi connectivity index (χ3v) is 0. The summed E-state index contributed by atoms with van der Waals surface area (Å²) >= 11 is 0. The van der Waals surface area contributed by atoms with E-state index in [0.717, 1.165) is 0 Å². The summed E-state index contributed by atoms with van der Waals surface area (Å²) in [6.07, 6.45) is 0. The van der Waals surface area contributed by atoms with Crippen molar-refractivity contribution in [3.8, 4) is 0 Å². The van der Waals surface area contributed by atoms with E-state index in [4.69, 9.17) is 15.3 Å². The van der Waals surface area contributed by atoms with Crippen LogP contribution in [0.15, 0.2) is 0 Å². The normalized spacial score (nSPS) is 3.43. The number of hydrogen-bond acceptors (Lipinski definition) is 3. The van der Waals surface area contributed by atoms with Crippen molar-refractivity contribution in [3.05, 3.63) is 10.1 Å². The smallest absolute Gasteiger partial charge is 0.291 e. The summed E-state index contributed by atoms with van der Waals surface area (Å²) in [7, 11) is 0. The molecule has 0 bridgehead atoms. The third kappa shape index (κ3) is 137. The monoisotopic (exact) mass is 144 g/mol. The van der Waals surface area contributed by atoms with Crippen LogP contribution in [-0.2, 0) is 0 Å². The second-order valence-electron chi connectivity index (χ2n) is 0.238. The largest absolute Gasteiger partial charge is 0.344 e. The summed E-state index contributed by atoms with van der Waals surface area (Å²) in [5, 5.41) is 13.6. The molecule has 0 aromatic carbocycles. The Kier molecular flexibility index (Phi) is 54.1. The molecule has 0 saturated heterocycles. The van der Waals surface area contributed by atoms with Crippen LogP contribution in [0.5, 0.6) is 0 Å². The van der Waals surface area contributed by atoms with Crippen molar-refractivity contribution >= 4 is 60.8 Å². The van der Waals surface area contributed by atoms with Gasteiger partial charge < -0.3 is 11.4 Å². The van der Waals surface area contributed by atoms with Gasteiger partial charge in [0.2, 0.25) is 0 Å². The Morgan fingerprint density at radius 1 is 1.57 bits per heavy atom. The maximum absolute atomic E-state index is 8.36. The minimum atomic E-state index is -1.50. The SMILES string of the molecule is N.O=[N+]([O-])O.[Ca].[Mg]. The third-order valence-electron chi connectivity index (χ3n) is 0. The molecule has 4 radical (unpaired) electrons. The van der Waals surface area contributed by atoms with Gasteiger partial charge in [0.15, 0.2) is 0 Å². The van der Waals surface area contributed by atoms with Gasteiger partial charge in [0.25, 0.3) is 5.09 Å². The molecule has 7 heteroatoms. The first kappa shape index (κ1) is 24.1. The van der Waals surface area contributed by atoms with Gasteiger partial charge in [-0.05, 0) is 0 Å². The predicted molar refractivity (Wildman–Crippen MR) is 25.3 cm³/mol. The van der Waals surface area contributed by atoms with Gasteiger partial charge in [0.05, 0.1) is 0 Å². The maximum atomic E-state index is 8.36. The average molecular weight is 144 g/mol. The minimum Gasteiger partial charge on any atom is -0.344 e. The molecule has 0 heterocycles. The molecule has 36 valence electrons. The van der Waals surface area contributed by atoms with Crippen LogP contribution in [0.4, 0.5) is 0 Å². The average Bonchev–Trinajstić information content (AvgIpc) is 0.811. The van der Waals surface area contributed by atoms with Gasteiger partial charge in [-0.15, -0.1) is 10.1 Å². The molecular formula is H4CaMgN2O3.